The third kappa shape index (κ3) is 3.40. The van der Waals surface area contributed by atoms with Crippen molar-refractivity contribution in [1.29, 1.82) is 0 Å². The molecule has 0 fully saturated rings. The largest absolute Gasteiger partial charge is 0.364 e. The first-order valence-corrected chi connectivity index (χ1v) is 6.78. The number of aromatic amines is 1. The minimum Gasteiger partial charge on any atom is -0.364 e. The molecule has 0 unspecified atom stereocenters. The van der Waals surface area contributed by atoms with E-state index in [4.69, 9.17) is 0 Å². The Morgan fingerprint density at radius 2 is 1.71 bits per heavy atom. The third-order valence-corrected chi connectivity index (χ3v) is 3.36. The molecular formula is C19H18N2. The van der Waals surface area contributed by atoms with Crippen LogP contribution in [0.4, 0.5) is 0 Å². The Morgan fingerprint density at radius 1 is 1.00 bits per heavy atom. The lowest BCUT2D eigenvalue weighted by Crippen LogP contribution is -1.79. The highest BCUT2D eigenvalue weighted by atomic mass is 14.7. The van der Waals surface area contributed by atoms with E-state index in [2.05, 4.69) is 66.1 Å². The molecule has 2 aromatic carbocycles. The highest BCUT2D eigenvalue weighted by Gasteiger charge is 2.01. The molecule has 4 rings (SSSR count). The normalized spacial score (nSPS) is 11.0. The van der Waals surface area contributed by atoms with Gasteiger partial charge in [0.1, 0.15) is 0 Å². The molecule has 0 atom stereocenters. The van der Waals surface area contributed by atoms with E-state index >= 15 is 0 Å². The fraction of sp³-hybridized carbons (Fsp3) is 0.105. The number of rotatable bonds is 0. The molecule has 0 aliphatic carbocycles. The Kier molecular flexibility index (Phi) is 4.95. The van der Waals surface area contributed by atoms with Crippen molar-refractivity contribution in [3.05, 3.63) is 71.5 Å². The number of aliphatic imine (C=N–C) groups is 1. The van der Waals surface area contributed by atoms with E-state index in [-0.39, 0.29) is 0 Å². The van der Waals surface area contributed by atoms with Crippen LogP contribution in [-0.2, 0) is 6.54 Å². The monoisotopic (exact) mass is 274 g/mol. The van der Waals surface area contributed by atoms with Gasteiger partial charge in [0.2, 0.25) is 0 Å². The average Bonchev–Trinajstić information content (AvgIpc) is 3.17. The molecule has 2 heterocycles. The zero-order valence-electron chi connectivity index (χ0n) is 12.1. The highest BCUT2D eigenvalue weighted by molar-refractivity contribution is 5.85. The van der Waals surface area contributed by atoms with E-state index in [0.717, 1.165) is 6.54 Å². The molecule has 1 aliphatic rings. The second-order valence-electron chi connectivity index (χ2n) is 4.67. The van der Waals surface area contributed by atoms with Gasteiger partial charge in [0.15, 0.2) is 0 Å². The summed E-state index contributed by atoms with van der Waals surface area (Å²) in [6.45, 7) is 2.96. The van der Waals surface area contributed by atoms with E-state index in [1.54, 1.807) is 0 Å². The van der Waals surface area contributed by atoms with Crippen LogP contribution in [0, 0.1) is 19.8 Å². The Balaban J connectivity index is 0.000000138. The molecular weight excluding hydrogens is 256 g/mol. The van der Waals surface area contributed by atoms with Crippen LogP contribution < -0.4 is 0 Å². The summed E-state index contributed by atoms with van der Waals surface area (Å²) in [5, 5.41) is 2.61. The third-order valence-electron chi connectivity index (χ3n) is 3.36. The maximum atomic E-state index is 4.13. The SMILES string of the molecule is C#C.C1=NCc2ccccc21.Cc1[nH]cc2ccccc12. The molecule has 0 spiro atoms. The Labute approximate surface area is 125 Å². The maximum absolute atomic E-state index is 4.13. The van der Waals surface area contributed by atoms with Crippen molar-refractivity contribution >= 4 is 17.0 Å². The standard InChI is InChI=1S/C9H9N.C8H7N.C2H2/c1-7-9-5-3-2-4-8(9)6-10-7;1-2-4-8-6-9-5-7(8)3-1;1-2/h2-6,10H,1H3;1-5H,6H2;1-2H. The predicted molar refractivity (Wildman–Crippen MR) is 90.7 cm³/mol. The van der Waals surface area contributed by atoms with Crippen molar-refractivity contribution < 1.29 is 0 Å². The van der Waals surface area contributed by atoms with Gasteiger partial charge in [0.05, 0.1) is 6.54 Å². The summed E-state index contributed by atoms with van der Waals surface area (Å²) in [6.07, 6.45) is 12.0. The molecule has 3 aromatic rings. The quantitative estimate of drug-likeness (QED) is 0.591. The Hall–Kier alpha value is -2.79. The zero-order chi connectivity index (χ0) is 15.1. The number of terminal acetylenes is 1. The number of nitrogens with one attached hydrogen (secondary N) is 1. The van der Waals surface area contributed by atoms with E-state index < -0.39 is 0 Å². The smallest absolute Gasteiger partial charge is 0.0646 e. The molecule has 2 heteroatoms. The fourth-order valence-electron chi connectivity index (χ4n) is 2.27. The fourth-order valence-corrected chi connectivity index (χ4v) is 2.27. The van der Waals surface area contributed by atoms with Gasteiger partial charge in [-0.1, -0.05) is 48.5 Å². The van der Waals surface area contributed by atoms with Crippen molar-refractivity contribution in [1.82, 2.24) is 4.98 Å². The zero-order valence-corrected chi connectivity index (χ0v) is 12.1. The van der Waals surface area contributed by atoms with Crippen LogP contribution in [-0.4, -0.2) is 11.2 Å². The number of hydrogen-bond acceptors (Lipinski definition) is 1. The molecule has 1 aliphatic heterocycles. The summed E-state index contributed by atoms with van der Waals surface area (Å²) in [5.41, 5.74) is 3.87. The van der Waals surface area contributed by atoms with Crippen LogP contribution in [0.3, 0.4) is 0 Å². The summed E-state index contributed by atoms with van der Waals surface area (Å²) in [6, 6.07) is 16.6. The molecule has 104 valence electrons. The van der Waals surface area contributed by atoms with Gasteiger partial charge < -0.3 is 4.98 Å². The van der Waals surface area contributed by atoms with Crippen molar-refractivity contribution in [2.75, 3.05) is 0 Å². The van der Waals surface area contributed by atoms with Gasteiger partial charge >= 0.3 is 0 Å². The number of aryl methyl sites for hydroxylation is 1. The first kappa shape index (κ1) is 14.6. The first-order valence-electron chi connectivity index (χ1n) is 6.78. The van der Waals surface area contributed by atoms with Crippen LogP contribution in [0.1, 0.15) is 16.8 Å². The Morgan fingerprint density at radius 3 is 2.48 bits per heavy atom. The Bertz CT molecular complexity index is 763. The number of benzene rings is 2. The van der Waals surface area contributed by atoms with Gasteiger partial charge in [-0.15, -0.1) is 12.8 Å². The molecule has 1 aromatic heterocycles. The predicted octanol–water partition coefficient (Wildman–Crippen LogP) is 4.34. The van der Waals surface area contributed by atoms with Crippen LogP contribution >= 0.6 is 0 Å². The van der Waals surface area contributed by atoms with Crippen molar-refractivity contribution in [2.45, 2.75) is 13.5 Å². The van der Waals surface area contributed by atoms with Crippen molar-refractivity contribution in [3.63, 3.8) is 0 Å². The summed E-state index contributed by atoms with van der Waals surface area (Å²) in [7, 11) is 0. The molecule has 1 N–H and O–H groups in total. The summed E-state index contributed by atoms with van der Waals surface area (Å²) >= 11 is 0. The summed E-state index contributed by atoms with van der Waals surface area (Å²) in [5.74, 6) is 0. The summed E-state index contributed by atoms with van der Waals surface area (Å²) in [4.78, 5) is 7.30. The lowest BCUT2D eigenvalue weighted by atomic mass is 10.1. The number of nitrogens with zero attached hydrogens (tertiary/aromatic N) is 1. The van der Waals surface area contributed by atoms with E-state index in [9.17, 15) is 0 Å². The molecule has 0 radical (unpaired) electrons. The maximum Gasteiger partial charge on any atom is 0.0646 e. The molecule has 0 bridgehead atoms. The summed E-state index contributed by atoms with van der Waals surface area (Å²) < 4.78 is 0. The minimum atomic E-state index is 0.871. The number of aromatic nitrogens is 1. The van der Waals surface area contributed by atoms with E-state index in [0.29, 0.717) is 0 Å². The van der Waals surface area contributed by atoms with E-state index in [1.807, 2.05) is 24.5 Å². The van der Waals surface area contributed by atoms with Gasteiger partial charge in [0.25, 0.3) is 0 Å². The van der Waals surface area contributed by atoms with Crippen molar-refractivity contribution in [3.8, 4) is 12.8 Å². The number of hydrogen-bond donors (Lipinski definition) is 1. The van der Waals surface area contributed by atoms with Crippen LogP contribution in [0.15, 0.2) is 59.7 Å². The first-order chi connectivity index (χ1) is 10.3. The van der Waals surface area contributed by atoms with Gasteiger partial charge in [-0.2, -0.15) is 0 Å². The van der Waals surface area contributed by atoms with Crippen molar-refractivity contribution in [2.24, 2.45) is 4.99 Å². The molecule has 0 saturated carbocycles. The minimum absolute atomic E-state index is 0.871. The number of H-pyrrole nitrogens is 1. The van der Waals surface area contributed by atoms with Crippen LogP contribution in [0.5, 0.6) is 0 Å². The van der Waals surface area contributed by atoms with Gasteiger partial charge in [-0.25, -0.2) is 0 Å². The van der Waals surface area contributed by atoms with Crippen LogP contribution in [0.25, 0.3) is 10.8 Å². The lowest BCUT2D eigenvalue weighted by Gasteiger charge is -1.91. The second kappa shape index (κ2) is 7.12. The molecule has 2 nitrogen and oxygen atoms in total. The van der Waals surface area contributed by atoms with Gasteiger partial charge in [0, 0.05) is 23.5 Å². The number of fused-ring (bicyclic) bond motifs is 2. The second-order valence-corrected chi connectivity index (χ2v) is 4.67. The molecule has 21 heavy (non-hydrogen) atoms. The molecule has 0 saturated heterocycles. The van der Waals surface area contributed by atoms with Gasteiger partial charge in [-0.3, -0.25) is 4.99 Å². The molecule has 0 amide bonds. The van der Waals surface area contributed by atoms with E-state index in [1.165, 1.54) is 27.6 Å². The highest BCUT2D eigenvalue weighted by Crippen LogP contribution is 2.15. The van der Waals surface area contributed by atoms with Crippen LogP contribution in [0.2, 0.25) is 0 Å². The lowest BCUT2D eigenvalue weighted by molar-refractivity contribution is 1.11. The average molecular weight is 274 g/mol. The van der Waals surface area contributed by atoms with Gasteiger partial charge in [-0.05, 0) is 23.4 Å². The topological polar surface area (TPSA) is 28.1 Å².